The van der Waals surface area contributed by atoms with Gasteiger partial charge in [-0.3, -0.25) is 9.55 Å². The topological polar surface area (TPSA) is 69.6 Å². The van der Waals surface area contributed by atoms with Crippen LogP contribution in [0, 0.1) is 13.8 Å². The molecule has 6 nitrogen and oxygen atoms in total. The number of pyridine rings is 1. The Bertz CT molecular complexity index is 1040. The van der Waals surface area contributed by atoms with Crippen LogP contribution in [0.5, 0.6) is 0 Å². The standard InChI is InChI=1S/C19H16ClN5OS/c1-12-17(13(2)26-24-12)11-27-19-23-22-18(14-7-9-21-10-8-14)25(19)16-5-3-15(20)4-6-16/h3-10H,11H2,1-2H3. The Kier molecular flexibility index (Phi) is 4.96. The van der Waals surface area contributed by atoms with Gasteiger partial charge in [0.2, 0.25) is 0 Å². The largest absolute Gasteiger partial charge is 0.361 e. The minimum absolute atomic E-state index is 0.683. The van der Waals surface area contributed by atoms with Gasteiger partial charge in [-0.15, -0.1) is 10.2 Å². The van der Waals surface area contributed by atoms with Crippen LogP contribution in [-0.4, -0.2) is 24.9 Å². The number of aryl methyl sites for hydroxylation is 2. The summed E-state index contributed by atoms with van der Waals surface area (Å²) in [5.74, 6) is 2.27. The van der Waals surface area contributed by atoms with Gasteiger partial charge in [0.05, 0.1) is 5.69 Å². The molecule has 0 saturated heterocycles. The van der Waals surface area contributed by atoms with Gasteiger partial charge >= 0.3 is 0 Å². The smallest absolute Gasteiger partial charge is 0.196 e. The summed E-state index contributed by atoms with van der Waals surface area (Å²) in [7, 11) is 0. The zero-order chi connectivity index (χ0) is 18.8. The highest BCUT2D eigenvalue weighted by Crippen LogP contribution is 2.31. The van der Waals surface area contributed by atoms with Crippen molar-refractivity contribution in [1.82, 2.24) is 24.9 Å². The molecule has 0 unspecified atom stereocenters. The van der Waals surface area contributed by atoms with Gasteiger partial charge in [-0.25, -0.2) is 0 Å². The fraction of sp³-hybridized carbons (Fsp3) is 0.158. The highest BCUT2D eigenvalue weighted by molar-refractivity contribution is 7.98. The van der Waals surface area contributed by atoms with Crippen LogP contribution in [-0.2, 0) is 5.75 Å². The third kappa shape index (κ3) is 3.61. The molecule has 0 amide bonds. The summed E-state index contributed by atoms with van der Waals surface area (Å²) in [5, 5.41) is 14.3. The molecular weight excluding hydrogens is 382 g/mol. The van der Waals surface area contributed by atoms with Crippen molar-refractivity contribution in [2.75, 3.05) is 0 Å². The van der Waals surface area contributed by atoms with E-state index in [0.717, 1.165) is 39.2 Å². The Hall–Kier alpha value is -2.64. The predicted octanol–water partition coefficient (Wildman–Crippen LogP) is 4.88. The molecule has 3 aromatic heterocycles. The molecule has 0 saturated carbocycles. The number of hydrogen-bond acceptors (Lipinski definition) is 6. The first kappa shape index (κ1) is 17.8. The lowest BCUT2D eigenvalue weighted by atomic mass is 10.2. The second-order valence-corrected chi connectivity index (χ2v) is 7.32. The summed E-state index contributed by atoms with van der Waals surface area (Å²) in [4.78, 5) is 4.08. The molecular formula is C19H16ClN5OS. The van der Waals surface area contributed by atoms with Crippen molar-refractivity contribution in [3.8, 4) is 17.1 Å². The molecule has 4 aromatic rings. The molecule has 3 heterocycles. The maximum atomic E-state index is 6.06. The third-order valence-electron chi connectivity index (χ3n) is 4.18. The quantitative estimate of drug-likeness (QED) is 0.447. The van der Waals surface area contributed by atoms with Gasteiger partial charge in [0.15, 0.2) is 11.0 Å². The minimum atomic E-state index is 0.683. The van der Waals surface area contributed by atoms with Crippen molar-refractivity contribution in [3.63, 3.8) is 0 Å². The highest BCUT2D eigenvalue weighted by atomic mass is 35.5. The van der Waals surface area contributed by atoms with Gasteiger partial charge in [0.25, 0.3) is 0 Å². The molecule has 0 bridgehead atoms. The monoisotopic (exact) mass is 397 g/mol. The Morgan fingerprint density at radius 2 is 1.78 bits per heavy atom. The van der Waals surface area contributed by atoms with Gasteiger partial charge < -0.3 is 4.52 Å². The average molecular weight is 398 g/mol. The molecule has 136 valence electrons. The van der Waals surface area contributed by atoms with Gasteiger partial charge in [-0.1, -0.05) is 28.5 Å². The van der Waals surface area contributed by atoms with Crippen molar-refractivity contribution in [2.24, 2.45) is 0 Å². The number of benzene rings is 1. The predicted molar refractivity (Wildman–Crippen MR) is 105 cm³/mol. The van der Waals surface area contributed by atoms with E-state index in [1.165, 1.54) is 0 Å². The fourth-order valence-corrected chi connectivity index (χ4v) is 3.95. The van der Waals surface area contributed by atoms with Crippen molar-refractivity contribution in [1.29, 1.82) is 0 Å². The fourth-order valence-electron chi connectivity index (χ4n) is 2.72. The molecule has 0 fully saturated rings. The lowest BCUT2D eigenvalue weighted by Crippen LogP contribution is -2.00. The number of hydrogen-bond donors (Lipinski definition) is 0. The van der Waals surface area contributed by atoms with E-state index in [4.69, 9.17) is 16.1 Å². The van der Waals surface area contributed by atoms with E-state index in [1.807, 2.05) is 54.8 Å². The molecule has 27 heavy (non-hydrogen) atoms. The average Bonchev–Trinajstić information content (AvgIpc) is 3.25. The molecule has 8 heteroatoms. The van der Waals surface area contributed by atoms with Crippen LogP contribution in [0.2, 0.25) is 5.02 Å². The molecule has 0 aliphatic rings. The first-order chi connectivity index (χ1) is 13.1. The zero-order valence-corrected chi connectivity index (χ0v) is 16.3. The lowest BCUT2D eigenvalue weighted by molar-refractivity contribution is 0.392. The lowest BCUT2D eigenvalue weighted by Gasteiger charge is -2.10. The molecule has 0 spiro atoms. The highest BCUT2D eigenvalue weighted by Gasteiger charge is 2.18. The molecule has 4 rings (SSSR count). The van der Waals surface area contributed by atoms with E-state index in [1.54, 1.807) is 24.2 Å². The number of nitrogens with zero attached hydrogens (tertiary/aromatic N) is 5. The van der Waals surface area contributed by atoms with Crippen LogP contribution in [0.3, 0.4) is 0 Å². The maximum absolute atomic E-state index is 6.06. The SMILES string of the molecule is Cc1noc(C)c1CSc1nnc(-c2ccncc2)n1-c1ccc(Cl)cc1. The second-order valence-electron chi connectivity index (χ2n) is 5.95. The molecule has 1 aromatic carbocycles. The number of rotatable bonds is 5. The first-order valence-electron chi connectivity index (χ1n) is 8.30. The number of halogens is 1. The van der Waals surface area contributed by atoms with Crippen molar-refractivity contribution in [3.05, 3.63) is 70.8 Å². The maximum Gasteiger partial charge on any atom is 0.196 e. The van der Waals surface area contributed by atoms with Crippen LogP contribution in [0.25, 0.3) is 17.1 Å². The number of aromatic nitrogens is 5. The van der Waals surface area contributed by atoms with Crippen LogP contribution in [0.4, 0.5) is 0 Å². The summed E-state index contributed by atoms with van der Waals surface area (Å²) in [6.45, 7) is 3.86. The van der Waals surface area contributed by atoms with E-state index < -0.39 is 0 Å². The Balaban J connectivity index is 1.75. The van der Waals surface area contributed by atoms with E-state index in [0.29, 0.717) is 10.8 Å². The Labute approximate surface area is 165 Å². The normalized spacial score (nSPS) is 11.1. The summed E-state index contributed by atoms with van der Waals surface area (Å²) in [5.41, 5.74) is 3.86. The molecule has 0 radical (unpaired) electrons. The summed E-state index contributed by atoms with van der Waals surface area (Å²) >= 11 is 7.65. The molecule has 0 aliphatic heterocycles. The molecule has 0 aliphatic carbocycles. The minimum Gasteiger partial charge on any atom is -0.361 e. The van der Waals surface area contributed by atoms with Crippen molar-refractivity contribution >= 4 is 23.4 Å². The van der Waals surface area contributed by atoms with Crippen LogP contribution in [0.1, 0.15) is 17.0 Å². The van der Waals surface area contributed by atoms with E-state index in [-0.39, 0.29) is 0 Å². The first-order valence-corrected chi connectivity index (χ1v) is 9.66. The van der Waals surface area contributed by atoms with Gasteiger partial charge in [0.1, 0.15) is 5.76 Å². The second kappa shape index (κ2) is 7.54. The van der Waals surface area contributed by atoms with E-state index in [9.17, 15) is 0 Å². The molecule has 0 atom stereocenters. The van der Waals surface area contributed by atoms with Crippen molar-refractivity contribution in [2.45, 2.75) is 24.8 Å². The summed E-state index contributed by atoms with van der Waals surface area (Å²) < 4.78 is 7.28. The summed E-state index contributed by atoms with van der Waals surface area (Å²) in [6.07, 6.45) is 3.49. The van der Waals surface area contributed by atoms with Crippen LogP contribution in [0.15, 0.2) is 58.5 Å². The van der Waals surface area contributed by atoms with Crippen molar-refractivity contribution < 1.29 is 4.52 Å². The van der Waals surface area contributed by atoms with Crippen LogP contribution >= 0.6 is 23.4 Å². The van der Waals surface area contributed by atoms with E-state index in [2.05, 4.69) is 20.3 Å². The van der Waals surface area contributed by atoms with E-state index >= 15 is 0 Å². The zero-order valence-electron chi connectivity index (χ0n) is 14.8. The summed E-state index contributed by atoms with van der Waals surface area (Å²) in [6, 6.07) is 11.5. The number of thioether (sulfide) groups is 1. The van der Waals surface area contributed by atoms with Gasteiger partial charge in [-0.2, -0.15) is 0 Å². The Morgan fingerprint density at radius 1 is 1.04 bits per heavy atom. The van der Waals surface area contributed by atoms with Crippen LogP contribution < -0.4 is 0 Å². The van der Waals surface area contributed by atoms with Gasteiger partial charge in [-0.05, 0) is 50.2 Å². The third-order valence-corrected chi connectivity index (χ3v) is 5.39. The Morgan fingerprint density at radius 3 is 2.44 bits per heavy atom. The van der Waals surface area contributed by atoms with Gasteiger partial charge in [0, 0.05) is 40.0 Å². The molecule has 0 N–H and O–H groups in total.